The van der Waals surface area contributed by atoms with Crippen LogP contribution in [0.5, 0.6) is 0 Å². The van der Waals surface area contributed by atoms with E-state index in [2.05, 4.69) is 40.6 Å². The molecule has 3 N–H and O–H groups in total. The van der Waals surface area contributed by atoms with E-state index < -0.39 is 0 Å². The minimum atomic E-state index is 0. The monoisotopic (exact) mass is 281 g/mol. The fraction of sp³-hybridized carbons (Fsp3) is 0.308. The van der Waals surface area contributed by atoms with Crippen molar-refractivity contribution in [2.75, 3.05) is 5.73 Å². The highest BCUT2D eigenvalue weighted by atomic mass is 35.5. The Bertz CT molecular complexity index is 508. The Kier molecular flexibility index (Phi) is 3.90. The van der Waals surface area contributed by atoms with Gasteiger partial charge in [0, 0.05) is 23.2 Å². The van der Waals surface area contributed by atoms with Gasteiger partial charge in [0.2, 0.25) is 0 Å². The second-order valence-electron chi connectivity index (χ2n) is 4.47. The van der Waals surface area contributed by atoms with Crippen LogP contribution in [0.4, 0.5) is 5.13 Å². The molecule has 1 heterocycles. The normalized spacial score (nSPS) is 16.0. The van der Waals surface area contributed by atoms with Crippen LogP contribution in [-0.4, -0.2) is 4.98 Å². The molecule has 2 aromatic rings. The quantitative estimate of drug-likeness (QED) is 0.906. The van der Waals surface area contributed by atoms with Crippen LogP contribution in [0.15, 0.2) is 36.5 Å². The summed E-state index contributed by atoms with van der Waals surface area (Å²) in [6.07, 6.45) is 4.28. The van der Waals surface area contributed by atoms with E-state index in [1.165, 1.54) is 23.3 Å². The van der Waals surface area contributed by atoms with Crippen LogP contribution in [0.3, 0.4) is 0 Å². The average Bonchev–Trinajstić information content (AvgIpc) is 3.05. The van der Waals surface area contributed by atoms with Crippen molar-refractivity contribution in [2.24, 2.45) is 0 Å². The Morgan fingerprint density at radius 2 is 2.00 bits per heavy atom. The molecular formula is C13H16ClN3S. The highest BCUT2D eigenvalue weighted by Crippen LogP contribution is 2.45. The smallest absolute Gasteiger partial charge is 0.180 e. The number of benzene rings is 1. The summed E-state index contributed by atoms with van der Waals surface area (Å²) in [7, 11) is 0. The molecule has 1 aromatic carbocycles. The van der Waals surface area contributed by atoms with Crippen molar-refractivity contribution in [1.82, 2.24) is 10.3 Å². The van der Waals surface area contributed by atoms with Crippen LogP contribution in [0, 0.1) is 0 Å². The maximum atomic E-state index is 5.62. The van der Waals surface area contributed by atoms with Crippen molar-refractivity contribution in [1.29, 1.82) is 0 Å². The first-order valence-corrected chi connectivity index (χ1v) is 6.61. The third-order valence-electron chi connectivity index (χ3n) is 3.25. The summed E-state index contributed by atoms with van der Waals surface area (Å²) in [5.41, 5.74) is 7.21. The summed E-state index contributed by atoms with van der Waals surface area (Å²) in [6, 6.07) is 10.6. The number of halogens is 1. The van der Waals surface area contributed by atoms with Gasteiger partial charge < -0.3 is 11.1 Å². The fourth-order valence-electron chi connectivity index (χ4n) is 2.11. The standard InChI is InChI=1S/C13H15N3S.ClH/c14-12-15-8-11(17-12)9-16-13(6-7-13)10-4-2-1-3-5-10;/h1-5,8,16H,6-7,9H2,(H2,14,15);1H. The fourth-order valence-corrected chi connectivity index (χ4v) is 2.73. The third-order valence-corrected chi connectivity index (χ3v) is 4.08. The molecule has 1 aliphatic rings. The minimum absolute atomic E-state index is 0. The summed E-state index contributed by atoms with van der Waals surface area (Å²) >= 11 is 1.56. The molecule has 0 saturated heterocycles. The van der Waals surface area contributed by atoms with Crippen molar-refractivity contribution >= 4 is 28.9 Å². The third kappa shape index (κ3) is 2.66. The van der Waals surface area contributed by atoms with E-state index in [-0.39, 0.29) is 17.9 Å². The van der Waals surface area contributed by atoms with Crippen LogP contribution in [0.25, 0.3) is 0 Å². The van der Waals surface area contributed by atoms with E-state index in [4.69, 9.17) is 5.73 Å². The molecular weight excluding hydrogens is 266 g/mol. The topological polar surface area (TPSA) is 50.9 Å². The molecule has 0 unspecified atom stereocenters. The lowest BCUT2D eigenvalue weighted by molar-refractivity contribution is 0.522. The van der Waals surface area contributed by atoms with Crippen LogP contribution >= 0.6 is 23.7 Å². The number of nitrogens with one attached hydrogen (secondary N) is 1. The Balaban J connectivity index is 0.00000120. The number of aromatic nitrogens is 1. The van der Waals surface area contributed by atoms with Gasteiger partial charge in [0.25, 0.3) is 0 Å². The zero-order chi connectivity index (χ0) is 11.7. The lowest BCUT2D eigenvalue weighted by Crippen LogP contribution is -2.27. The molecule has 1 aliphatic carbocycles. The molecule has 0 radical (unpaired) electrons. The number of hydrogen-bond donors (Lipinski definition) is 2. The summed E-state index contributed by atoms with van der Waals surface area (Å²) < 4.78 is 0. The lowest BCUT2D eigenvalue weighted by Gasteiger charge is -2.17. The second-order valence-corrected chi connectivity index (χ2v) is 5.61. The average molecular weight is 282 g/mol. The molecule has 0 bridgehead atoms. The highest BCUT2D eigenvalue weighted by molar-refractivity contribution is 7.15. The number of hydrogen-bond acceptors (Lipinski definition) is 4. The van der Waals surface area contributed by atoms with Crippen LogP contribution in [-0.2, 0) is 12.1 Å². The molecule has 0 atom stereocenters. The molecule has 1 saturated carbocycles. The van der Waals surface area contributed by atoms with E-state index in [0.29, 0.717) is 5.13 Å². The minimum Gasteiger partial charge on any atom is -0.375 e. The second kappa shape index (κ2) is 5.26. The molecule has 18 heavy (non-hydrogen) atoms. The number of nitrogens with two attached hydrogens (primary N) is 1. The summed E-state index contributed by atoms with van der Waals surface area (Å²) in [6.45, 7) is 0.851. The molecule has 1 aromatic heterocycles. The summed E-state index contributed by atoms with van der Waals surface area (Å²) in [5, 5.41) is 4.28. The predicted octanol–water partition coefficient (Wildman–Crippen LogP) is 2.93. The summed E-state index contributed by atoms with van der Waals surface area (Å²) in [5.74, 6) is 0. The SMILES string of the molecule is Cl.Nc1ncc(CNC2(c3ccccc3)CC2)s1. The van der Waals surface area contributed by atoms with Gasteiger partial charge >= 0.3 is 0 Å². The predicted molar refractivity (Wildman–Crippen MR) is 78.0 cm³/mol. The molecule has 0 amide bonds. The maximum Gasteiger partial charge on any atom is 0.180 e. The van der Waals surface area contributed by atoms with Gasteiger partial charge in [-0.15, -0.1) is 23.7 Å². The number of nitrogens with zero attached hydrogens (tertiary/aromatic N) is 1. The van der Waals surface area contributed by atoms with Crippen molar-refractivity contribution in [3.8, 4) is 0 Å². The maximum absolute atomic E-state index is 5.62. The summed E-state index contributed by atoms with van der Waals surface area (Å²) in [4.78, 5) is 5.27. The lowest BCUT2D eigenvalue weighted by atomic mass is 10.1. The molecule has 96 valence electrons. The first-order chi connectivity index (χ1) is 8.28. The van der Waals surface area contributed by atoms with Crippen LogP contribution in [0.2, 0.25) is 0 Å². The van der Waals surface area contributed by atoms with E-state index in [1.54, 1.807) is 11.3 Å². The Labute approximate surface area is 117 Å². The van der Waals surface area contributed by atoms with Crippen LogP contribution in [0.1, 0.15) is 23.3 Å². The zero-order valence-electron chi connectivity index (χ0n) is 9.93. The molecule has 5 heteroatoms. The van der Waals surface area contributed by atoms with Crippen molar-refractivity contribution in [2.45, 2.75) is 24.9 Å². The largest absolute Gasteiger partial charge is 0.375 e. The van der Waals surface area contributed by atoms with Gasteiger partial charge in [-0.1, -0.05) is 30.3 Å². The number of thiazole rings is 1. The molecule has 3 rings (SSSR count). The molecule has 3 nitrogen and oxygen atoms in total. The van der Waals surface area contributed by atoms with Gasteiger partial charge in [-0.25, -0.2) is 4.98 Å². The first kappa shape index (κ1) is 13.3. The van der Waals surface area contributed by atoms with E-state index in [1.807, 2.05) is 6.20 Å². The Morgan fingerprint density at radius 1 is 1.28 bits per heavy atom. The van der Waals surface area contributed by atoms with E-state index in [0.717, 1.165) is 6.54 Å². The van der Waals surface area contributed by atoms with Gasteiger partial charge in [-0.05, 0) is 18.4 Å². The van der Waals surface area contributed by atoms with Crippen molar-refractivity contribution < 1.29 is 0 Å². The van der Waals surface area contributed by atoms with Crippen molar-refractivity contribution in [3.05, 3.63) is 47.0 Å². The molecule has 0 spiro atoms. The number of rotatable bonds is 4. The van der Waals surface area contributed by atoms with Gasteiger partial charge in [-0.3, -0.25) is 0 Å². The Morgan fingerprint density at radius 3 is 2.56 bits per heavy atom. The zero-order valence-corrected chi connectivity index (χ0v) is 11.6. The van der Waals surface area contributed by atoms with Crippen molar-refractivity contribution in [3.63, 3.8) is 0 Å². The Hall–Kier alpha value is -1.10. The highest BCUT2D eigenvalue weighted by Gasteiger charge is 2.43. The van der Waals surface area contributed by atoms with Crippen LogP contribution < -0.4 is 11.1 Å². The number of nitrogen functional groups attached to an aromatic ring is 1. The van der Waals surface area contributed by atoms with Gasteiger partial charge in [0.05, 0.1) is 0 Å². The molecule has 0 aliphatic heterocycles. The van der Waals surface area contributed by atoms with E-state index >= 15 is 0 Å². The number of anilines is 1. The van der Waals surface area contributed by atoms with E-state index in [9.17, 15) is 0 Å². The van der Waals surface area contributed by atoms with Gasteiger partial charge in [-0.2, -0.15) is 0 Å². The van der Waals surface area contributed by atoms with Gasteiger partial charge in [0.15, 0.2) is 5.13 Å². The first-order valence-electron chi connectivity index (χ1n) is 5.79. The molecule has 1 fully saturated rings. The van der Waals surface area contributed by atoms with Gasteiger partial charge in [0.1, 0.15) is 0 Å².